The molecule has 4 nitrogen and oxygen atoms in total. The van der Waals surface area contributed by atoms with Crippen molar-refractivity contribution in [3.63, 3.8) is 0 Å². The lowest BCUT2D eigenvalue weighted by atomic mass is 9.97. The van der Waals surface area contributed by atoms with Crippen molar-refractivity contribution in [2.45, 2.75) is 19.3 Å². The molecule has 0 saturated heterocycles. The summed E-state index contributed by atoms with van der Waals surface area (Å²) >= 11 is 0. The Balaban J connectivity index is 2.40. The molecule has 0 aromatic heterocycles. The molecule has 0 saturated carbocycles. The molecule has 0 N–H and O–H groups in total. The maximum absolute atomic E-state index is 11.7. The number of esters is 2. The highest BCUT2D eigenvalue weighted by atomic mass is 16.5. The van der Waals surface area contributed by atoms with Crippen molar-refractivity contribution in [3.8, 4) is 24.7 Å². The number of allylic oxidation sites excluding steroid dienone is 1. The van der Waals surface area contributed by atoms with E-state index < -0.39 is 5.97 Å². The molecule has 0 amide bonds. The molecule has 0 fully saturated rings. The third-order valence-corrected chi connectivity index (χ3v) is 2.61. The molecule has 1 aliphatic rings. The van der Waals surface area contributed by atoms with Gasteiger partial charge >= 0.3 is 11.9 Å². The molecule has 1 atom stereocenters. The van der Waals surface area contributed by atoms with Crippen molar-refractivity contribution < 1.29 is 19.1 Å². The minimum Gasteiger partial charge on any atom is -0.464 e. The van der Waals surface area contributed by atoms with Gasteiger partial charge in [0, 0.05) is 12.8 Å². The highest BCUT2D eigenvalue weighted by Gasteiger charge is 2.21. The Morgan fingerprint density at radius 3 is 2.40 bits per heavy atom. The summed E-state index contributed by atoms with van der Waals surface area (Å²) in [4.78, 5) is 23.3. The zero-order chi connectivity index (χ0) is 14.8. The van der Waals surface area contributed by atoms with E-state index in [1.54, 1.807) is 18.2 Å². The number of rotatable bonds is 6. The van der Waals surface area contributed by atoms with Crippen molar-refractivity contribution >= 4 is 11.9 Å². The molecule has 0 spiro atoms. The first kappa shape index (κ1) is 15.6. The topological polar surface area (TPSA) is 52.6 Å². The number of carbonyl (C=O) groups is 2. The van der Waals surface area contributed by atoms with Crippen LogP contribution in [0.1, 0.15) is 19.3 Å². The van der Waals surface area contributed by atoms with Crippen LogP contribution in [0.3, 0.4) is 0 Å². The van der Waals surface area contributed by atoms with E-state index in [0.29, 0.717) is 24.8 Å². The van der Waals surface area contributed by atoms with Crippen LogP contribution in [0.2, 0.25) is 0 Å². The summed E-state index contributed by atoms with van der Waals surface area (Å²) < 4.78 is 9.95. The van der Waals surface area contributed by atoms with E-state index in [2.05, 4.69) is 11.8 Å². The molecule has 1 rings (SSSR count). The first-order valence-corrected chi connectivity index (χ1v) is 6.28. The van der Waals surface area contributed by atoms with Crippen LogP contribution < -0.4 is 0 Å². The van der Waals surface area contributed by atoms with Crippen LogP contribution in [0, 0.1) is 30.6 Å². The van der Waals surface area contributed by atoms with Crippen LogP contribution >= 0.6 is 0 Å². The summed E-state index contributed by atoms with van der Waals surface area (Å²) in [5.41, 5.74) is 0.426. The van der Waals surface area contributed by atoms with Crippen molar-refractivity contribution in [2.24, 2.45) is 5.92 Å². The van der Waals surface area contributed by atoms with Crippen LogP contribution in [0.4, 0.5) is 0 Å². The smallest absolute Gasteiger partial charge is 0.337 e. The summed E-state index contributed by atoms with van der Waals surface area (Å²) in [6.45, 7) is 0.405. The van der Waals surface area contributed by atoms with Gasteiger partial charge in [-0.25, -0.2) is 4.79 Å². The van der Waals surface area contributed by atoms with E-state index in [9.17, 15) is 9.59 Å². The summed E-state index contributed by atoms with van der Waals surface area (Å²) in [6.07, 6.45) is 16.2. The van der Waals surface area contributed by atoms with Gasteiger partial charge in [-0.15, -0.1) is 24.7 Å². The van der Waals surface area contributed by atoms with Gasteiger partial charge in [0.05, 0.1) is 11.5 Å². The molecule has 0 radical (unpaired) electrons. The molecular formula is C16H16O4. The molecule has 1 unspecified atom stereocenters. The van der Waals surface area contributed by atoms with E-state index in [1.807, 2.05) is 0 Å². The van der Waals surface area contributed by atoms with Crippen LogP contribution in [-0.4, -0.2) is 25.2 Å². The van der Waals surface area contributed by atoms with Crippen LogP contribution in [0.5, 0.6) is 0 Å². The quantitative estimate of drug-likeness (QED) is 0.419. The fourth-order valence-corrected chi connectivity index (χ4v) is 1.55. The van der Waals surface area contributed by atoms with Crippen LogP contribution in [0.25, 0.3) is 0 Å². The van der Waals surface area contributed by atoms with Crippen molar-refractivity contribution in [2.75, 3.05) is 13.2 Å². The Bertz CT molecular complexity index is 500. The third-order valence-electron chi connectivity index (χ3n) is 2.61. The summed E-state index contributed by atoms with van der Waals surface area (Å²) in [7, 11) is 0. The third kappa shape index (κ3) is 5.04. The zero-order valence-electron chi connectivity index (χ0n) is 11.1. The standard InChI is InChI=1S/C16H16O4/c1-3-5-11-19-15(17)13-7-9-14(10-8-13)16(18)20-12-6-4-2/h1-2,7-9,14H,5-6,10-12H2. The van der Waals surface area contributed by atoms with Crippen LogP contribution in [0.15, 0.2) is 23.8 Å². The van der Waals surface area contributed by atoms with Crippen LogP contribution in [-0.2, 0) is 19.1 Å². The minimum atomic E-state index is -0.435. The summed E-state index contributed by atoms with van der Waals surface area (Å²) in [5, 5.41) is 0. The second-order valence-electron chi connectivity index (χ2n) is 4.07. The van der Waals surface area contributed by atoms with E-state index in [1.165, 1.54) is 0 Å². The van der Waals surface area contributed by atoms with Gasteiger partial charge in [0.15, 0.2) is 0 Å². The monoisotopic (exact) mass is 272 g/mol. The largest absolute Gasteiger partial charge is 0.464 e. The number of carbonyl (C=O) groups excluding carboxylic acids is 2. The Labute approximate surface area is 118 Å². The predicted molar refractivity (Wildman–Crippen MR) is 74.1 cm³/mol. The van der Waals surface area contributed by atoms with E-state index in [0.717, 1.165) is 0 Å². The Kier molecular flexibility index (Phi) is 6.71. The SMILES string of the molecule is C#CCCOC(=O)C1=CCC(C(=O)OCCC#C)C=C1. The molecule has 104 valence electrons. The first-order chi connectivity index (χ1) is 9.69. The zero-order valence-corrected chi connectivity index (χ0v) is 11.1. The second kappa shape index (κ2) is 8.61. The summed E-state index contributed by atoms with van der Waals surface area (Å²) in [5.74, 6) is 3.62. The van der Waals surface area contributed by atoms with Gasteiger partial charge in [0.25, 0.3) is 0 Å². The van der Waals surface area contributed by atoms with Gasteiger partial charge in [-0.3, -0.25) is 4.79 Å². The molecule has 0 heterocycles. The first-order valence-electron chi connectivity index (χ1n) is 6.28. The van der Waals surface area contributed by atoms with E-state index in [-0.39, 0.29) is 25.1 Å². The summed E-state index contributed by atoms with van der Waals surface area (Å²) in [6, 6.07) is 0. The van der Waals surface area contributed by atoms with E-state index >= 15 is 0 Å². The predicted octanol–water partition coefficient (Wildman–Crippen LogP) is 1.62. The molecule has 1 aliphatic carbocycles. The fourth-order valence-electron chi connectivity index (χ4n) is 1.55. The van der Waals surface area contributed by atoms with Gasteiger partial charge in [0.2, 0.25) is 0 Å². The van der Waals surface area contributed by atoms with Gasteiger partial charge in [0.1, 0.15) is 13.2 Å². The van der Waals surface area contributed by atoms with E-state index in [4.69, 9.17) is 22.3 Å². The van der Waals surface area contributed by atoms with Gasteiger partial charge < -0.3 is 9.47 Å². The van der Waals surface area contributed by atoms with Gasteiger partial charge in [-0.1, -0.05) is 18.2 Å². The highest BCUT2D eigenvalue weighted by Crippen LogP contribution is 2.18. The second-order valence-corrected chi connectivity index (χ2v) is 4.07. The van der Waals surface area contributed by atoms with Gasteiger partial charge in [-0.2, -0.15) is 0 Å². The molecular weight excluding hydrogens is 256 g/mol. The van der Waals surface area contributed by atoms with Crippen molar-refractivity contribution in [3.05, 3.63) is 23.8 Å². The van der Waals surface area contributed by atoms with Gasteiger partial charge in [-0.05, 0) is 6.42 Å². The average molecular weight is 272 g/mol. The maximum atomic E-state index is 11.7. The molecule has 4 heteroatoms. The Morgan fingerprint density at radius 2 is 1.85 bits per heavy atom. The number of terminal acetylenes is 2. The molecule has 0 aromatic rings. The normalized spacial score (nSPS) is 16.5. The lowest BCUT2D eigenvalue weighted by Gasteiger charge is -2.14. The molecule has 0 bridgehead atoms. The molecule has 20 heavy (non-hydrogen) atoms. The fraction of sp³-hybridized carbons (Fsp3) is 0.375. The van der Waals surface area contributed by atoms with Crippen molar-refractivity contribution in [1.82, 2.24) is 0 Å². The Morgan fingerprint density at radius 1 is 1.20 bits per heavy atom. The number of ether oxygens (including phenoxy) is 2. The maximum Gasteiger partial charge on any atom is 0.337 e. The van der Waals surface area contributed by atoms with Crippen molar-refractivity contribution in [1.29, 1.82) is 0 Å². The molecule has 0 aliphatic heterocycles. The average Bonchev–Trinajstić information content (AvgIpc) is 2.47. The number of hydrogen-bond acceptors (Lipinski definition) is 4. The molecule has 0 aromatic carbocycles. The number of hydrogen-bond donors (Lipinski definition) is 0. The lowest BCUT2D eigenvalue weighted by Crippen LogP contribution is -2.19. The Hall–Kier alpha value is -2.46. The minimum absolute atomic E-state index is 0.193. The lowest BCUT2D eigenvalue weighted by molar-refractivity contribution is -0.146. The highest BCUT2D eigenvalue weighted by molar-refractivity contribution is 5.92.